The minimum absolute atomic E-state index is 0.0580. The van der Waals surface area contributed by atoms with Gasteiger partial charge in [0.2, 0.25) is 0 Å². The number of hydrogen-bond acceptors (Lipinski definition) is 6. The average molecular weight is 349 g/mol. The molecule has 8 heteroatoms. The molecule has 0 saturated carbocycles. The number of nitrogens with two attached hydrogens (primary N) is 1. The third kappa shape index (κ3) is 2.82. The lowest BCUT2D eigenvalue weighted by atomic mass is 10.0. The zero-order valence-corrected chi connectivity index (χ0v) is 13.8. The summed E-state index contributed by atoms with van der Waals surface area (Å²) in [6, 6.07) is 8.97. The molecule has 3 aromatic heterocycles. The van der Waals surface area contributed by atoms with Crippen LogP contribution < -0.4 is 5.73 Å². The molecule has 0 bridgehead atoms. The number of aromatic carboxylic acids is 1. The molecule has 3 rings (SSSR count). The summed E-state index contributed by atoms with van der Waals surface area (Å²) in [6.07, 6.45) is 1.73. The second kappa shape index (κ2) is 6.11. The fourth-order valence-electron chi connectivity index (χ4n) is 2.44. The van der Waals surface area contributed by atoms with Crippen LogP contribution in [0.15, 0.2) is 29.8 Å². The van der Waals surface area contributed by atoms with Crippen molar-refractivity contribution in [2.75, 3.05) is 5.73 Å². The van der Waals surface area contributed by atoms with E-state index in [0.29, 0.717) is 27.4 Å². The molecule has 0 amide bonds. The van der Waals surface area contributed by atoms with E-state index < -0.39 is 5.97 Å². The second-order valence-corrected chi connectivity index (χ2v) is 6.18. The first-order chi connectivity index (χ1) is 11.9. The Morgan fingerprint density at radius 3 is 2.64 bits per heavy atom. The van der Waals surface area contributed by atoms with Crippen LogP contribution in [-0.2, 0) is 7.05 Å². The molecule has 0 aliphatic carbocycles. The van der Waals surface area contributed by atoms with Crippen LogP contribution in [0, 0.1) is 22.7 Å². The number of carboxylic acids is 1. The van der Waals surface area contributed by atoms with Crippen molar-refractivity contribution in [1.29, 1.82) is 10.5 Å². The van der Waals surface area contributed by atoms with E-state index in [2.05, 4.69) is 11.1 Å². The highest BCUT2D eigenvalue weighted by Gasteiger charge is 2.17. The summed E-state index contributed by atoms with van der Waals surface area (Å²) in [5.74, 6) is -0.964. The van der Waals surface area contributed by atoms with Gasteiger partial charge in [-0.3, -0.25) is 0 Å². The third-order valence-electron chi connectivity index (χ3n) is 3.69. The predicted octanol–water partition coefficient (Wildman–Crippen LogP) is 2.84. The zero-order valence-electron chi connectivity index (χ0n) is 13.0. The largest absolute Gasteiger partial charge is 0.478 e. The van der Waals surface area contributed by atoms with Gasteiger partial charge < -0.3 is 15.4 Å². The van der Waals surface area contributed by atoms with Gasteiger partial charge in [0.25, 0.3) is 0 Å². The molecule has 0 aromatic carbocycles. The number of hydrogen-bond donors (Lipinski definition) is 2. The van der Waals surface area contributed by atoms with Gasteiger partial charge in [0.15, 0.2) is 0 Å². The van der Waals surface area contributed by atoms with E-state index in [1.807, 2.05) is 6.07 Å². The summed E-state index contributed by atoms with van der Waals surface area (Å²) in [5.41, 5.74) is 8.45. The summed E-state index contributed by atoms with van der Waals surface area (Å²) in [5, 5.41) is 29.1. The fourth-order valence-corrected chi connectivity index (χ4v) is 3.29. The number of aromatic nitrogens is 2. The molecule has 0 fully saturated rings. The molecule has 25 heavy (non-hydrogen) atoms. The molecule has 7 nitrogen and oxygen atoms in total. The van der Waals surface area contributed by atoms with Crippen molar-refractivity contribution in [2.24, 2.45) is 7.05 Å². The number of nitriles is 2. The van der Waals surface area contributed by atoms with Crippen molar-refractivity contribution < 1.29 is 9.90 Å². The first-order valence-electron chi connectivity index (χ1n) is 7.04. The van der Waals surface area contributed by atoms with E-state index in [1.54, 1.807) is 29.9 Å². The molecule has 3 N–H and O–H groups in total. The van der Waals surface area contributed by atoms with Gasteiger partial charge in [0.05, 0.1) is 16.1 Å². The van der Waals surface area contributed by atoms with Gasteiger partial charge in [-0.15, -0.1) is 11.3 Å². The van der Waals surface area contributed by atoms with Crippen LogP contribution in [0.25, 0.3) is 21.7 Å². The smallest absolute Gasteiger partial charge is 0.336 e. The van der Waals surface area contributed by atoms with Crippen LogP contribution >= 0.6 is 11.3 Å². The molecular weight excluding hydrogens is 338 g/mol. The Morgan fingerprint density at radius 1 is 1.32 bits per heavy atom. The molecule has 0 atom stereocenters. The van der Waals surface area contributed by atoms with Gasteiger partial charge in [-0.2, -0.15) is 10.5 Å². The third-order valence-corrected chi connectivity index (χ3v) is 4.64. The Balaban J connectivity index is 2.20. The highest BCUT2D eigenvalue weighted by Crippen LogP contribution is 2.34. The van der Waals surface area contributed by atoms with Crippen LogP contribution in [0.5, 0.6) is 0 Å². The summed E-state index contributed by atoms with van der Waals surface area (Å²) in [6.45, 7) is 0. The molecule has 0 radical (unpaired) electrons. The topological polar surface area (TPSA) is 129 Å². The monoisotopic (exact) mass is 349 g/mol. The highest BCUT2D eigenvalue weighted by molar-refractivity contribution is 7.13. The maximum Gasteiger partial charge on any atom is 0.336 e. The number of aryl methyl sites for hydroxylation is 1. The minimum atomic E-state index is -1.02. The van der Waals surface area contributed by atoms with Gasteiger partial charge >= 0.3 is 5.97 Å². The fraction of sp³-hybridized carbons (Fsp3) is 0.0588. The first kappa shape index (κ1) is 16.2. The molecule has 3 aromatic rings. The van der Waals surface area contributed by atoms with Crippen molar-refractivity contribution in [2.45, 2.75) is 0 Å². The number of anilines is 1. The number of pyridine rings is 1. The summed E-state index contributed by atoms with van der Waals surface area (Å²) in [7, 11) is 1.73. The molecule has 0 saturated heterocycles. The van der Waals surface area contributed by atoms with Crippen LogP contribution in [0.1, 0.15) is 21.6 Å². The highest BCUT2D eigenvalue weighted by atomic mass is 32.1. The van der Waals surface area contributed by atoms with E-state index in [-0.39, 0.29) is 16.9 Å². The maximum absolute atomic E-state index is 11.1. The summed E-state index contributed by atoms with van der Waals surface area (Å²) in [4.78, 5) is 15.9. The van der Waals surface area contributed by atoms with Gasteiger partial charge in [0, 0.05) is 29.8 Å². The first-order valence-corrected chi connectivity index (χ1v) is 7.92. The SMILES string of the molecule is Cn1cc(-c2cc(-c3cc(C(=O)O)cs3)nc(N)c2C#N)cc1C#N. The Morgan fingerprint density at radius 2 is 2.08 bits per heavy atom. The Bertz CT molecular complexity index is 1080. The lowest BCUT2D eigenvalue weighted by molar-refractivity contribution is 0.0697. The Labute approximate surface area is 146 Å². The van der Waals surface area contributed by atoms with Crippen LogP contribution in [-0.4, -0.2) is 20.6 Å². The molecule has 0 aliphatic rings. The van der Waals surface area contributed by atoms with Crippen molar-refractivity contribution in [3.8, 4) is 33.8 Å². The van der Waals surface area contributed by atoms with Crippen LogP contribution in [0.4, 0.5) is 5.82 Å². The summed E-state index contributed by atoms with van der Waals surface area (Å²) < 4.78 is 1.65. The van der Waals surface area contributed by atoms with E-state index in [0.717, 1.165) is 0 Å². The van der Waals surface area contributed by atoms with E-state index in [1.165, 1.54) is 22.8 Å². The van der Waals surface area contributed by atoms with E-state index >= 15 is 0 Å². The normalized spacial score (nSPS) is 10.2. The van der Waals surface area contributed by atoms with E-state index in [9.17, 15) is 10.1 Å². The molecule has 0 unspecified atom stereocenters. The van der Waals surface area contributed by atoms with Gasteiger partial charge in [0.1, 0.15) is 29.2 Å². The maximum atomic E-state index is 11.1. The quantitative estimate of drug-likeness (QED) is 0.748. The predicted molar refractivity (Wildman–Crippen MR) is 92.8 cm³/mol. The minimum Gasteiger partial charge on any atom is -0.478 e. The lowest BCUT2D eigenvalue weighted by Crippen LogP contribution is -1.99. The van der Waals surface area contributed by atoms with Gasteiger partial charge in [-0.05, 0) is 18.2 Å². The number of nitrogens with zero attached hydrogens (tertiary/aromatic N) is 4. The van der Waals surface area contributed by atoms with Crippen molar-refractivity contribution in [3.05, 3.63) is 46.6 Å². The Hall–Kier alpha value is -3.62. The van der Waals surface area contributed by atoms with Crippen molar-refractivity contribution in [1.82, 2.24) is 9.55 Å². The van der Waals surface area contributed by atoms with Crippen LogP contribution in [0.2, 0.25) is 0 Å². The van der Waals surface area contributed by atoms with Crippen molar-refractivity contribution in [3.63, 3.8) is 0 Å². The average Bonchev–Trinajstić information content (AvgIpc) is 3.20. The molecule has 3 heterocycles. The van der Waals surface area contributed by atoms with Crippen molar-refractivity contribution >= 4 is 23.1 Å². The molecular formula is C17H11N5O2S. The number of nitrogen functional groups attached to an aromatic ring is 1. The number of thiophene rings is 1. The van der Waals surface area contributed by atoms with Crippen LogP contribution in [0.3, 0.4) is 0 Å². The number of rotatable bonds is 3. The Kier molecular flexibility index (Phi) is 3.97. The lowest BCUT2D eigenvalue weighted by Gasteiger charge is -2.07. The van der Waals surface area contributed by atoms with E-state index in [4.69, 9.17) is 16.1 Å². The zero-order chi connectivity index (χ0) is 18.1. The number of carbonyl (C=O) groups is 1. The molecule has 122 valence electrons. The molecule has 0 aliphatic heterocycles. The standard InChI is InChI=1S/C17H11N5O2S/c1-22-7-9(2-11(22)5-18)12-4-14(21-16(20)13(12)6-19)15-3-10(8-25-15)17(23)24/h2-4,7-8H,1H3,(H2,20,21)(H,23,24). The van der Waals surface area contributed by atoms with Gasteiger partial charge in [-0.25, -0.2) is 9.78 Å². The summed E-state index contributed by atoms with van der Waals surface area (Å²) >= 11 is 1.23. The molecule has 0 spiro atoms. The van der Waals surface area contributed by atoms with Gasteiger partial charge in [-0.1, -0.05) is 0 Å². The number of carboxylic acid groups (broad SMARTS) is 1. The second-order valence-electron chi connectivity index (χ2n) is 5.27.